The average molecular weight is 451 g/mol. The Morgan fingerprint density at radius 3 is 2.16 bits per heavy atom. The molecule has 0 aromatic rings. The number of carbonyl (C=O) groups is 4. The van der Waals surface area contributed by atoms with Crippen LogP contribution in [0.15, 0.2) is 0 Å². The Morgan fingerprint density at radius 1 is 0.938 bits per heavy atom. The van der Waals surface area contributed by atoms with E-state index < -0.39 is 23.3 Å². The minimum Gasteiger partial charge on any atom is -0.378 e. The summed E-state index contributed by atoms with van der Waals surface area (Å²) in [5.41, 5.74) is -1.07. The Morgan fingerprint density at radius 2 is 1.56 bits per heavy atom. The molecular formula is C23H38N4O5. The number of urea groups is 1. The molecule has 1 aliphatic heterocycles. The van der Waals surface area contributed by atoms with Crippen molar-refractivity contribution in [2.75, 3.05) is 26.3 Å². The summed E-state index contributed by atoms with van der Waals surface area (Å²) < 4.78 is 5.31. The van der Waals surface area contributed by atoms with E-state index in [0.717, 1.165) is 44.9 Å². The molecule has 0 aromatic heterocycles. The number of nitrogens with one attached hydrogen (secondary N) is 3. The zero-order valence-corrected chi connectivity index (χ0v) is 19.4. The van der Waals surface area contributed by atoms with Crippen LogP contribution in [0.25, 0.3) is 0 Å². The summed E-state index contributed by atoms with van der Waals surface area (Å²) in [6.07, 6.45) is 7.54. The van der Waals surface area contributed by atoms with Crippen molar-refractivity contribution in [1.29, 1.82) is 0 Å². The summed E-state index contributed by atoms with van der Waals surface area (Å²) in [6.45, 7) is 5.55. The quantitative estimate of drug-likeness (QED) is 0.508. The van der Waals surface area contributed by atoms with Crippen LogP contribution in [0.5, 0.6) is 0 Å². The molecule has 2 saturated carbocycles. The lowest BCUT2D eigenvalue weighted by molar-refractivity contribution is -0.142. The van der Waals surface area contributed by atoms with E-state index >= 15 is 0 Å². The van der Waals surface area contributed by atoms with Crippen LogP contribution in [-0.2, 0) is 19.1 Å². The van der Waals surface area contributed by atoms with E-state index in [9.17, 15) is 19.2 Å². The molecule has 3 aliphatic rings. The third-order valence-corrected chi connectivity index (χ3v) is 6.94. The number of hydrogen-bond acceptors (Lipinski definition) is 5. The van der Waals surface area contributed by atoms with Gasteiger partial charge in [-0.3, -0.25) is 14.4 Å². The van der Waals surface area contributed by atoms with Crippen molar-refractivity contribution < 1.29 is 23.9 Å². The van der Waals surface area contributed by atoms with Crippen LogP contribution in [0.4, 0.5) is 4.79 Å². The molecule has 32 heavy (non-hydrogen) atoms. The highest BCUT2D eigenvalue weighted by Crippen LogP contribution is 2.29. The van der Waals surface area contributed by atoms with Gasteiger partial charge in [-0.1, -0.05) is 46.0 Å². The molecule has 180 valence electrons. The first-order valence-electron chi connectivity index (χ1n) is 12.1. The molecular weight excluding hydrogens is 412 g/mol. The van der Waals surface area contributed by atoms with Gasteiger partial charge in [0.05, 0.1) is 19.3 Å². The molecule has 2 aliphatic carbocycles. The number of rotatable bonds is 7. The Kier molecular flexibility index (Phi) is 8.51. The Hall–Kier alpha value is -2.16. The van der Waals surface area contributed by atoms with Gasteiger partial charge in [0.15, 0.2) is 0 Å². The lowest BCUT2D eigenvalue weighted by atomic mass is 9.80. The predicted octanol–water partition coefficient (Wildman–Crippen LogP) is 1.50. The van der Waals surface area contributed by atoms with Crippen LogP contribution in [0.1, 0.15) is 71.6 Å². The number of amides is 4. The van der Waals surface area contributed by atoms with Crippen molar-refractivity contribution >= 4 is 23.6 Å². The summed E-state index contributed by atoms with van der Waals surface area (Å²) in [5.74, 6) is -1.88. The molecule has 0 radical (unpaired) electrons. The molecule has 1 saturated heterocycles. The average Bonchev–Trinajstić information content (AvgIpc) is 3.30. The Labute approximate surface area is 190 Å². The van der Waals surface area contributed by atoms with Crippen LogP contribution in [-0.4, -0.2) is 72.5 Å². The van der Waals surface area contributed by atoms with Gasteiger partial charge >= 0.3 is 6.03 Å². The van der Waals surface area contributed by atoms with Gasteiger partial charge in [-0.15, -0.1) is 0 Å². The van der Waals surface area contributed by atoms with Gasteiger partial charge in [0.25, 0.3) is 5.91 Å². The van der Waals surface area contributed by atoms with Gasteiger partial charge in [0.1, 0.15) is 5.54 Å². The minimum absolute atomic E-state index is 0.0347. The zero-order chi connectivity index (χ0) is 23.1. The number of nitrogens with zero attached hydrogens (tertiary/aromatic N) is 1. The highest BCUT2D eigenvalue weighted by Gasteiger charge is 2.44. The number of ether oxygens (including phenoxy) is 1. The SMILES string of the molecule is CC(C)C(NC(=O)C1(NC(=O)N2CCOCC2)CCCCC1)C(=O)C(=O)NC1CCCC1. The first-order chi connectivity index (χ1) is 15.3. The highest BCUT2D eigenvalue weighted by atomic mass is 16.5. The van der Waals surface area contributed by atoms with E-state index in [4.69, 9.17) is 4.74 Å². The van der Waals surface area contributed by atoms with Crippen molar-refractivity contribution in [3.8, 4) is 0 Å². The van der Waals surface area contributed by atoms with Crippen molar-refractivity contribution in [2.45, 2.75) is 89.3 Å². The van der Waals surface area contributed by atoms with Crippen LogP contribution in [0, 0.1) is 5.92 Å². The third kappa shape index (κ3) is 5.99. The van der Waals surface area contributed by atoms with Crippen molar-refractivity contribution in [3.05, 3.63) is 0 Å². The molecule has 3 rings (SSSR count). The van der Waals surface area contributed by atoms with Gasteiger partial charge in [0.2, 0.25) is 11.7 Å². The lowest BCUT2D eigenvalue weighted by Crippen LogP contribution is -2.65. The number of hydrogen-bond donors (Lipinski definition) is 3. The standard InChI is InChI=1S/C23H38N4O5/c1-16(2)18(19(28)20(29)24-17-8-4-5-9-17)25-21(30)23(10-6-3-7-11-23)26-22(31)27-12-14-32-15-13-27/h16-18H,3-15H2,1-2H3,(H,24,29)(H,25,30)(H,26,31). The summed E-state index contributed by atoms with van der Waals surface area (Å²) in [4.78, 5) is 53.5. The first kappa shape index (κ1) is 24.5. The molecule has 3 fully saturated rings. The second-order valence-corrected chi connectivity index (χ2v) is 9.69. The summed E-state index contributed by atoms with van der Waals surface area (Å²) >= 11 is 0. The van der Waals surface area contributed by atoms with Gasteiger partial charge in [-0.25, -0.2) is 4.79 Å². The summed E-state index contributed by atoms with van der Waals surface area (Å²) in [6, 6.07) is -1.17. The van der Waals surface area contributed by atoms with Crippen LogP contribution in [0.3, 0.4) is 0 Å². The molecule has 3 N–H and O–H groups in total. The second-order valence-electron chi connectivity index (χ2n) is 9.69. The van der Waals surface area contributed by atoms with E-state index in [1.54, 1.807) is 4.90 Å². The fraction of sp³-hybridized carbons (Fsp3) is 0.826. The molecule has 0 bridgehead atoms. The van der Waals surface area contributed by atoms with Crippen molar-refractivity contribution in [3.63, 3.8) is 0 Å². The smallest absolute Gasteiger partial charge is 0.318 e. The van der Waals surface area contributed by atoms with E-state index in [0.29, 0.717) is 39.1 Å². The summed E-state index contributed by atoms with van der Waals surface area (Å²) in [7, 11) is 0. The zero-order valence-electron chi connectivity index (χ0n) is 19.4. The van der Waals surface area contributed by atoms with Gasteiger partial charge < -0.3 is 25.6 Å². The van der Waals surface area contributed by atoms with E-state index in [-0.39, 0.29) is 23.9 Å². The predicted molar refractivity (Wildman–Crippen MR) is 119 cm³/mol. The topological polar surface area (TPSA) is 117 Å². The van der Waals surface area contributed by atoms with Crippen LogP contribution >= 0.6 is 0 Å². The Balaban J connectivity index is 1.68. The number of carbonyl (C=O) groups excluding carboxylic acids is 4. The molecule has 4 amide bonds. The maximum Gasteiger partial charge on any atom is 0.318 e. The molecule has 9 heteroatoms. The van der Waals surface area contributed by atoms with Crippen LogP contribution < -0.4 is 16.0 Å². The largest absolute Gasteiger partial charge is 0.378 e. The Bertz CT molecular complexity index is 693. The minimum atomic E-state index is -1.07. The van der Waals surface area contributed by atoms with Gasteiger partial charge in [-0.05, 0) is 31.6 Å². The number of morpholine rings is 1. The molecule has 1 heterocycles. The normalized spacial score (nSPS) is 22.3. The fourth-order valence-corrected chi connectivity index (χ4v) is 4.90. The lowest BCUT2D eigenvalue weighted by Gasteiger charge is -2.40. The first-order valence-corrected chi connectivity index (χ1v) is 12.1. The van der Waals surface area contributed by atoms with Crippen molar-refractivity contribution in [1.82, 2.24) is 20.9 Å². The maximum absolute atomic E-state index is 13.5. The van der Waals surface area contributed by atoms with E-state index in [2.05, 4.69) is 16.0 Å². The molecule has 9 nitrogen and oxygen atoms in total. The third-order valence-electron chi connectivity index (χ3n) is 6.94. The molecule has 0 spiro atoms. The van der Waals surface area contributed by atoms with Gasteiger partial charge in [0, 0.05) is 19.1 Å². The van der Waals surface area contributed by atoms with E-state index in [1.165, 1.54) is 0 Å². The van der Waals surface area contributed by atoms with Crippen LogP contribution in [0.2, 0.25) is 0 Å². The second kappa shape index (κ2) is 11.1. The van der Waals surface area contributed by atoms with E-state index in [1.807, 2.05) is 13.8 Å². The van der Waals surface area contributed by atoms with Crippen molar-refractivity contribution in [2.24, 2.45) is 5.92 Å². The highest BCUT2D eigenvalue weighted by molar-refractivity contribution is 6.38. The monoisotopic (exact) mass is 450 g/mol. The maximum atomic E-state index is 13.5. The number of ketones is 1. The fourth-order valence-electron chi connectivity index (χ4n) is 4.90. The molecule has 0 aromatic carbocycles. The van der Waals surface area contributed by atoms with Gasteiger partial charge in [-0.2, -0.15) is 0 Å². The molecule has 1 unspecified atom stereocenters. The molecule has 1 atom stereocenters. The number of Topliss-reactive ketones (excluding diaryl/α,β-unsaturated/α-hetero) is 1. The summed E-state index contributed by atoms with van der Waals surface area (Å²) in [5, 5.41) is 8.64.